The number of ether oxygens (including phenoxy) is 2. The number of rotatable bonds is 6. The van der Waals surface area contributed by atoms with Gasteiger partial charge >= 0.3 is 0 Å². The molecule has 0 bridgehead atoms. The lowest BCUT2D eigenvalue weighted by Crippen LogP contribution is -2.17. The maximum absolute atomic E-state index is 9.18. The molecule has 0 radical (unpaired) electrons. The molecule has 1 aromatic rings. The van der Waals surface area contributed by atoms with Crippen LogP contribution in [0.5, 0.6) is 5.75 Å². The molecule has 0 aliphatic carbocycles. The Morgan fingerprint density at radius 3 is 2.35 bits per heavy atom. The van der Waals surface area contributed by atoms with E-state index >= 15 is 0 Å². The minimum atomic E-state index is -0.0875. The van der Waals surface area contributed by atoms with Crippen LogP contribution < -0.4 is 4.74 Å². The molecule has 0 amide bonds. The summed E-state index contributed by atoms with van der Waals surface area (Å²) in [7, 11) is 1.71. The molecule has 3 heteroatoms. The second-order valence-corrected chi connectivity index (χ2v) is 6.27. The number of benzene rings is 1. The van der Waals surface area contributed by atoms with Gasteiger partial charge in [-0.25, -0.2) is 0 Å². The number of methoxy groups -OCH3 is 1. The van der Waals surface area contributed by atoms with Crippen LogP contribution in [-0.4, -0.2) is 24.9 Å². The van der Waals surface area contributed by atoms with Crippen LogP contribution in [0, 0.1) is 6.92 Å². The highest BCUT2D eigenvalue weighted by molar-refractivity contribution is 5.47. The summed E-state index contributed by atoms with van der Waals surface area (Å²) in [5.41, 5.74) is 3.46. The van der Waals surface area contributed by atoms with Gasteiger partial charge in [-0.05, 0) is 36.0 Å². The molecule has 20 heavy (non-hydrogen) atoms. The zero-order valence-electron chi connectivity index (χ0n) is 13.6. The predicted molar refractivity (Wildman–Crippen MR) is 82.4 cm³/mol. The summed E-state index contributed by atoms with van der Waals surface area (Å²) in [6.07, 6.45) is 0.730. The van der Waals surface area contributed by atoms with E-state index in [1.165, 1.54) is 5.56 Å². The van der Waals surface area contributed by atoms with Crippen LogP contribution in [0.15, 0.2) is 12.1 Å². The van der Waals surface area contributed by atoms with E-state index in [1.54, 1.807) is 7.11 Å². The minimum Gasteiger partial charge on any atom is -0.496 e. The summed E-state index contributed by atoms with van der Waals surface area (Å²) in [6.45, 7) is 11.2. The van der Waals surface area contributed by atoms with Gasteiger partial charge in [0.25, 0.3) is 0 Å². The maximum atomic E-state index is 9.18. The van der Waals surface area contributed by atoms with Crippen molar-refractivity contribution in [2.75, 3.05) is 13.7 Å². The van der Waals surface area contributed by atoms with Gasteiger partial charge in [-0.3, -0.25) is 0 Å². The molecule has 0 saturated heterocycles. The van der Waals surface area contributed by atoms with Crippen LogP contribution in [-0.2, 0) is 16.8 Å². The van der Waals surface area contributed by atoms with Gasteiger partial charge in [0.15, 0.2) is 0 Å². The molecular formula is C17H28O3. The first-order chi connectivity index (χ1) is 9.33. The van der Waals surface area contributed by atoms with Gasteiger partial charge in [0.1, 0.15) is 5.75 Å². The van der Waals surface area contributed by atoms with E-state index in [1.807, 2.05) is 6.92 Å². The van der Waals surface area contributed by atoms with Crippen molar-refractivity contribution < 1.29 is 14.6 Å². The first kappa shape index (κ1) is 17.0. The van der Waals surface area contributed by atoms with Crippen molar-refractivity contribution in [1.29, 1.82) is 0 Å². The molecular weight excluding hydrogens is 252 g/mol. The summed E-state index contributed by atoms with van der Waals surface area (Å²) in [4.78, 5) is 0. The smallest absolute Gasteiger partial charge is 0.125 e. The Morgan fingerprint density at radius 2 is 1.90 bits per heavy atom. The molecule has 1 aromatic carbocycles. The van der Waals surface area contributed by atoms with Gasteiger partial charge in [-0.1, -0.05) is 33.8 Å². The molecule has 0 heterocycles. The van der Waals surface area contributed by atoms with Crippen molar-refractivity contribution in [3.63, 3.8) is 0 Å². The fourth-order valence-corrected chi connectivity index (χ4v) is 2.27. The summed E-state index contributed by atoms with van der Waals surface area (Å²) >= 11 is 0. The summed E-state index contributed by atoms with van der Waals surface area (Å²) in [5, 5.41) is 9.18. The van der Waals surface area contributed by atoms with Gasteiger partial charge < -0.3 is 14.6 Å². The van der Waals surface area contributed by atoms with Crippen LogP contribution in [0.3, 0.4) is 0 Å². The van der Waals surface area contributed by atoms with Crippen molar-refractivity contribution in [2.45, 2.75) is 59.2 Å². The van der Waals surface area contributed by atoms with Crippen molar-refractivity contribution in [2.24, 2.45) is 0 Å². The molecule has 0 spiro atoms. The van der Waals surface area contributed by atoms with Crippen LogP contribution in [0.4, 0.5) is 0 Å². The third kappa shape index (κ3) is 4.22. The zero-order valence-corrected chi connectivity index (χ0v) is 13.6. The lowest BCUT2D eigenvalue weighted by Gasteiger charge is -2.25. The molecule has 1 unspecified atom stereocenters. The van der Waals surface area contributed by atoms with Gasteiger partial charge in [0.2, 0.25) is 0 Å². The average molecular weight is 280 g/mol. The molecule has 114 valence electrons. The monoisotopic (exact) mass is 280 g/mol. The van der Waals surface area contributed by atoms with Gasteiger partial charge in [0, 0.05) is 5.56 Å². The second kappa shape index (κ2) is 7.09. The van der Waals surface area contributed by atoms with Crippen LogP contribution in [0.25, 0.3) is 0 Å². The Bertz CT molecular complexity index is 429. The predicted octanol–water partition coefficient (Wildman–Crippen LogP) is 3.59. The Kier molecular flexibility index (Phi) is 6.03. The van der Waals surface area contributed by atoms with E-state index in [-0.39, 0.29) is 18.1 Å². The first-order valence-electron chi connectivity index (χ1n) is 7.23. The largest absolute Gasteiger partial charge is 0.496 e. The van der Waals surface area contributed by atoms with E-state index in [0.717, 1.165) is 23.3 Å². The first-order valence-corrected chi connectivity index (χ1v) is 7.23. The Morgan fingerprint density at radius 1 is 1.25 bits per heavy atom. The van der Waals surface area contributed by atoms with Crippen LogP contribution >= 0.6 is 0 Å². The number of aryl methyl sites for hydroxylation is 1. The highest BCUT2D eigenvalue weighted by Crippen LogP contribution is 2.35. The van der Waals surface area contributed by atoms with Crippen molar-refractivity contribution in [1.82, 2.24) is 0 Å². The molecule has 0 aromatic heterocycles. The van der Waals surface area contributed by atoms with E-state index in [9.17, 15) is 5.11 Å². The molecule has 0 aliphatic heterocycles. The lowest BCUT2D eigenvalue weighted by molar-refractivity contribution is 0.000694. The zero-order chi connectivity index (χ0) is 15.3. The highest BCUT2D eigenvalue weighted by atomic mass is 16.5. The SMILES string of the molecule is CCC(CO)OCc1cc(C)c(OC)c(C(C)(C)C)c1. The number of hydrogen-bond donors (Lipinski definition) is 1. The van der Waals surface area contributed by atoms with Crippen molar-refractivity contribution in [3.05, 3.63) is 28.8 Å². The standard InChI is InChI=1S/C17H28O3/c1-7-14(10-18)20-11-13-8-12(2)16(19-6)15(9-13)17(3,4)5/h8-9,14,18H,7,10-11H2,1-6H3. The Labute approximate surface area is 122 Å². The fraction of sp³-hybridized carbons (Fsp3) is 0.647. The highest BCUT2D eigenvalue weighted by Gasteiger charge is 2.21. The molecule has 0 saturated carbocycles. The van der Waals surface area contributed by atoms with Gasteiger partial charge in [0.05, 0.1) is 26.4 Å². The molecule has 0 aliphatic rings. The van der Waals surface area contributed by atoms with Crippen LogP contribution in [0.2, 0.25) is 0 Å². The summed E-state index contributed by atoms with van der Waals surface area (Å²) in [6, 6.07) is 4.24. The molecule has 1 atom stereocenters. The Balaban J connectivity index is 3.02. The topological polar surface area (TPSA) is 38.7 Å². The average Bonchev–Trinajstić information content (AvgIpc) is 2.38. The molecule has 0 fully saturated rings. The minimum absolute atomic E-state index is 0.0211. The fourth-order valence-electron chi connectivity index (χ4n) is 2.27. The normalized spacial score (nSPS) is 13.3. The Hall–Kier alpha value is -1.06. The summed E-state index contributed by atoms with van der Waals surface area (Å²) < 4.78 is 11.3. The van der Waals surface area contributed by atoms with Crippen molar-refractivity contribution >= 4 is 0 Å². The number of hydrogen-bond acceptors (Lipinski definition) is 3. The van der Waals surface area contributed by atoms with Gasteiger partial charge in [-0.2, -0.15) is 0 Å². The van der Waals surface area contributed by atoms with Crippen LogP contribution in [0.1, 0.15) is 50.8 Å². The van der Waals surface area contributed by atoms with E-state index in [0.29, 0.717) is 6.61 Å². The lowest BCUT2D eigenvalue weighted by atomic mass is 9.84. The van der Waals surface area contributed by atoms with Gasteiger partial charge in [-0.15, -0.1) is 0 Å². The quantitative estimate of drug-likeness (QED) is 0.865. The molecule has 1 rings (SSSR count). The third-order valence-electron chi connectivity index (χ3n) is 3.49. The third-order valence-corrected chi connectivity index (χ3v) is 3.49. The molecule has 1 N–H and O–H groups in total. The van der Waals surface area contributed by atoms with Crippen molar-refractivity contribution in [3.8, 4) is 5.75 Å². The maximum Gasteiger partial charge on any atom is 0.125 e. The number of aliphatic hydroxyl groups is 1. The molecule has 3 nitrogen and oxygen atoms in total. The van der Waals surface area contributed by atoms with E-state index < -0.39 is 0 Å². The van der Waals surface area contributed by atoms with E-state index in [2.05, 4.69) is 39.8 Å². The second-order valence-electron chi connectivity index (χ2n) is 6.27. The van der Waals surface area contributed by atoms with E-state index in [4.69, 9.17) is 9.47 Å². The number of aliphatic hydroxyl groups excluding tert-OH is 1. The summed E-state index contributed by atoms with van der Waals surface area (Å²) in [5.74, 6) is 0.954.